The molecule has 0 aliphatic carbocycles. The SMILES string of the molecule is COc1ccc(CN(Cc2ccc(OC)cc2)S(=O)(=O)CCC(N=C(c2ccccc2)c2ccccc2)C(=O)OC(C)(C)C)cc1. The lowest BCUT2D eigenvalue weighted by Gasteiger charge is -2.25. The fourth-order valence-corrected chi connectivity index (χ4v) is 6.25. The highest BCUT2D eigenvalue weighted by molar-refractivity contribution is 7.89. The summed E-state index contributed by atoms with van der Waals surface area (Å²) in [5.41, 5.74) is 3.03. The maximum Gasteiger partial charge on any atom is 0.331 e. The minimum absolute atomic E-state index is 0.0673. The molecular formula is C37H42N2O6S. The Labute approximate surface area is 272 Å². The number of rotatable bonds is 14. The van der Waals surface area contributed by atoms with Crippen LogP contribution in [0.4, 0.5) is 0 Å². The lowest BCUT2D eigenvalue weighted by Crippen LogP contribution is -2.36. The lowest BCUT2D eigenvalue weighted by atomic mass is 10.0. The second kappa shape index (κ2) is 15.7. The number of carbonyl (C=O) groups excluding carboxylic acids is 1. The molecule has 0 fully saturated rings. The molecule has 8 nitrogen and oxygen atoms in total. The normalized spacial score (nSPS) is 12.3. The third-order valence-corrected chi connectivity index (χ3v) is 8.93. The van der Waals surface area contributed by atoms with Crippen molar-refractivity contribution in [2.24, 2.45) is 4.99 Å². The van der Waals surface area contributed by atoms with Gasteiger partial charge in [0.15, 0.2) is 0 Å². The zero-order valence-corrected chi connectivity index (χ0v) is 27.9. The van der Waals surface area contributed by atoms with E-state index in [0.717, 1.165) is 22.3 Å². The Bertz CT molecular complexity index is 1590. The van der Waals surface area contributed by atoms with Gasteiger partial charge in [0.25, 0.3) is 0 Å². The molecule has 4 aromatic carbocycles. The minimum atomic E-state index is -3.89. The monoisotopic (exact) mass is 642 g/mol. The first-order valence-corrected chi connectivity index (χ1v) is 16.7. The molecule has 0 radical (unpaired) electrons. The smallest absolute Gasteiger partial charge is 0.331 e. The average Bonchev–Trinajstić information content (AvgIpc) is 3.05. The molecule has 0 amide bonds. The Morgan fingerprint density at radius 1 is 0.717 bits per heavy atom. The first-order valence-electron chi connectivity index (χ1n) is 15.1. The van der Waals surface area contributed by atoms with E-state index in [2.05, 4.69) is 0 Å². The molecule has 0 saturated carbocycles. The molecule has 0 N–H and O–H groups in total. The van der Waals surface area contributed by atoms with E-state index in [1.807, 2.05) is 84.9 Å². The van der Waals surface area contributed by atoms with Crippen molar-refractivity contribution >= 4 is 21.7 Å². The van der Waals surface area contributed by atoms with Crippen LogP contribution in [0.1, 0.15) is 49.4 Å². The van der Waals surface area contributed by atoms with Crippen LogP contribution in [0.25, 0.3) is 0 Å². The van der Waals surface area contributed by atoms with Crippen LogP contribution in [0.5, 0.6) is 11.5 Å². The van der Waals surface area contributed by atoms with Crippen LogP contribution in [0.3, 0.4) is 0 Å². The molecule has 46 heavy (non-hydrogen) atoms. The summed E-state index contributed by atoms with van der Waals surface area (Å²) in [6.45, 7) is 5.62. The van der Waals surface area contributed by atoms with Crippen LogP contribution in [-0.2, 0) is 32.6 Å². The number of esters is 1. The van der Waals surface area contributed by atoms with Gasteiger partial charge in [-0.1, -0.05) is 84.9 Å². The Morgan fingerprint density at radius 2 is 1.15 bits per heavy atom. The predicted octanol–water partition coefficient (Wildman–Crippen LogP) is 6.67. The topological polar surface area (TPSA) is 94.5 Å². The van der Waals surface area contributed by atoms with Crippen LogP contribution < -0.4 is 9.47 Å². The van der Waals surface area contributed by atoms with E-state index >= 15 is 0 Å². The van der Waals surface area contributed by atoms with Gasteiger partial charge in [0.1, 0.15) is 23.1 Å². The Morgan fingerprint density at radius 3 is 1.54 bits per heavy atom. The second-order valence-corrected chi connectivity index (χ2v) is 13.9. The molecule has 0 aliphatic rings. The molecule has 1 atom stereocenters. The summed E-state index contributed by atoms with van der Waals surface area (Å²) < 4.78 is 45.9. The number of benzene rings is 4. The van der Waals surface area contributed by atoms with Gasteiger partial charge in [0.05, 0.1) is 25.7 Å². The quantitative estimate of drug-likeness (QED) is 0.113. The number of ether oxygens (including phenoxy) is 3. The maximum atomic E-state index is 14.1. The standard InChI is InChI=1S/C37H42N2O6S/c1-37(2,3)45-36(40)34(38-35(30-12-8-6-9-13-30)31-14-10-7-11-15-31)24-25-46(41,42)39(26-28-16-20-32(43-4)21-17-28)27-29-18-22-33(44-5)23-19-29/h6-23,34H,24-27H2,1-5H3. The molecule has 242 valence electrons. The highest BCUT2D eigenvalue weighted by atomic mass is 32.2. The fourth-order valence-electron chi connectivity index (χ4n) is 4.78. The molecule has 0 heterocycles. The van der Waals surface area contributed by atoms with Crippen LogP contribution in [0.15, 0.2) is 114 Å². The number of hydrogen-bond donors (Lipinski definition) is 0. The average molecular weight is 643 g/mol. The summed E-state index contributed by atoms with van der Waals surface area (Å²) in [6, 6.07) is 32.6. The molecule has 1 unspecified atom stereocenters. The van der Waals surface area contributed by atoms with E-state index < -0.39 is 27.6 Å². The summed E-state index contributed by atoms with van der Waals surface area (Å²) in [6.07, 6.45) is -0.0673. The molecule has 4 aromatic rings. The van der Waals surface area contributed by atoms with Gasteiger partial charge in [-0.25, -0.2) is 13.2 Å². The largest absolute Gasteiger partial charge is 0.497 e. The van der Waals surface area contributed by atoms with Crippen molar-refractivity contribution in [3.8, 4) is 11.5 Å². The van der Waals surface area contributed by atoms with Gasteiger partial charge in [-0.2, -0.15) is 4.31 Å². The number of sulfonamides is 1. The molecule has 4 rings (SSSR count). The summed E-state index contributed by atoms with van der Waals surface area (Å²) in [5.74, 6) is 0.464. The third-order valence-electron chi connectivity index (χ3n) is 7.14. The van der Waals surface area contributed by atoms with Crippen molar-refractivity contribution in [3.05, 3.63) is 131 Å². The summed E-state index contributed by atoms with van der Waals surface area (Å²) in [4.78, 5) is 18.5. The molecule has 9 heteroatoms. The number of aliphatic imine (C=N–C) groups is 1. The first kappa shape index (κ1) is 34.4. The fraction of sp³-hybridized carbons (Fsp3) is 0.297. The minimum Gasteiger partial charge on any atom is -0.497 e. The highest BCUT2D eigenvalue weighted by Crippen LogP contribution is 2.22. The highest BCUT2D eigenvalue weighted by Gasteiger charge is 2.30. The van der Waals surface area contributed by atoms with Gasteiger partial charge >= 0.3 is 5.97 Å². The van der Waals surface area contributed by atoms with E-state index in [1.54, 1.807) is 59.3 Å². The van der Waals surface area contributed by atoms with E-state index in [1.165, 1.54) is 4.31 Å². The number of nitrogens with zero attached hydrogens (tertiary/aromatic N) is 2. The number of hydrogen-bond acceptors (Lipinski definition) is 7. The van der Waals surface area contributed by atoms with E-state index in [0.29, 0.717) is 17.2 Å². The van der Waals surface area contributed by atoms with E-state index in [4.69, 9.17) is 19.2 Å². The Hall–Kier alpha value is -4.47. The van der Waals surface area contributed by atoms with Crippen LogP contribution >= 0.6 is 0 Å². The predicted molar refractivity (Wildman–Crippen MR) is 182 cm³/mol. The van der Waals surface area contributed by atoms with Crippen LogP contribution in [0, 0.1) is 0 Å². The first-order chi connectivity index (χ1) is 22.0. The van der Waals surface area contributed by atoms with Crippen molar-refractivity contribution in [2.75, 3.05) is 20.0 Å². The van der Waals surface area contributed by atoms with Crippen molar-refractivity contribution < 1.29 is 27.4 Å². The Balaban J connectivity index is 1.68. The number of methoxy groups -OCH3 is 2. The van der Waals surface area contributed by atoms with Gasteiger partial charge in [-0.05, 0) is 62.6 Å². The third kappa shape index (κ3) is 10.0. The Kier molecular flexibility index (Phi) is 11.7. The molecule has 0 bridgehead atoms. The van der Waals surface area contributed by atoms with Gasteiger partial charge in [-0.15, -0.1) is 0 Å². The van der Waals surface area contributed by atoms with Gasteiger partial charge in [0, 0.05) is 24.2 Å². The summed E-state index contributed by atoms with van der Waals surface area (Å²) in [5, 5.41) is 0. The maximum absolute atomic E-state index is 14.1. The van der Waals surface area contributed by atoms with Crippen molar-refractivity contribution in [3.63, 3.8) is 0 Å². The molecular weight excluding hydrogens is 600 g/mol. The number of carbonyl (C=O) groups is 1. The van der Waals surface area contributed by atoms with Gasteiger partial charge in [0.2, 0.25) is 10.0 Å². The van der Waals surface area contributed by atoms with Crippen molar-refractivity contribution in [1.82, 2.24) is 4.31 Å². The van der Waals surface area contributed by atoms with Gasteiger partial charge in [-0.3, -0.25) is 4.99 Å². The van der Waals surface area contributed by atoms with Crippen molar-refractivity contribution in [2.45, 2.75) is 51.9 Å². The molecule has 0 aliphatic heterocycles. The van der Waals surface area contributed by atoms with Crippen LogP contribution in [-0.4, -0.2) is 56.0 Å². The molecule has 0 spiro atoms. The summed E-state index contributed by atoms with van der Waals surface area (Å²) in [7, 11) is -0.727. The van der Waals surface area contributed by atoms with Gasteiger partial charge < -0.3 is 14.2 Å². The zero-order valence-electron chi connectivity index (χ0n) is 27.1. The lowest BCUT2D eigenvalue weighted by molar-refractivity contribution is -0.156. The zero-order chi connectivity index (χ0) is 33.2. The molecule has 0 saturated heterocycles. The second-order valence-electron chi connectivity index (χ2n) is 11.8. The van der Waals surface area contributed by atoms with E-state index in [9.17, 15) is 13.2 Å². The molecule has 0 aromatic heterocycles. The van der Waals surface area contributed by atoms with E-state index in [-0.39, 0.29) is 25.3 Å². The summed E-state index contributed by atoms with van der Waals surface area (Å²) >= 11 is 0. The van der Waals surface area contributed by atoms with Crippen molar-refractivity contribution in [1.29, 1.82) is 0 Å². The van der Waals surface area contributed by atoms with Crippen LogP contribution in [0.2, 0.25) is 0 Å².